The number of hydrogen-bond donors (Lipinski definition) is 0. The van der Waals surface area contributed by atoms with Gasteiger partial charge in [0.05, 0.1) is 18.2 Å². The van der Waals surface area contributed by atoms with E-state index in [4.69, 9.17) is 14.7 Å². The van der Waals surface area contributed by atoms with Gasteiger partial charge >= 0.3 is 0 Å². The molecule has 1 aliphatic carbocycles. The first kappa shape index (κ1) is 15.2. The Labute approximate surface area is 125 Å². The Kier molecular flexibility index (Phi) is 5.04. The third-order valence-corrected chi connectivity index (χ3v) is 3.37. The maximum atomic E-state index is 12.1. The van der Waals surface area contributed by atoms with Crippen molar-refractivity contribution in [3.05, 3.63) is 23.8 Å². The number of nitrogens with zero attached hydrogens (tertiary/aromatic N) is 2. The Hall–Kier alpha value is -2.22. The molecule has 1 aromatic rings. The summed E-state index contributed by atoms with van der Waals surface area (Å²) >= 11 is 0. The van der Waals surface area contributed by atoms with Gasteiger partial charge in [-0.15, -0.1) is 0 Å². The van der Waals surface area contributed by atoms with Gasteiger partial charge in [-0.25, -0.2) is 0 Å². The molecule has 0 aromatic heterocycles. The van der Waals surface area contributed by atoms with Crippen molar-refractivity contribution in [1.29, 1.82) is 5.26 Å². The Bertz CT molecular complexity index is 547. The van der Waals surface area contributed by atoms with Crippen LogP contribution in [0.25, 0.3) is 0 Å². The zero-order valence-electron chi connectivity index (χ0n) is 12.5. The van der Waals surface area contributed by atoms with Crippen molar-refractivity contribution in [2.45, 2.75) is 32.7 Å². The van der Waals surface area contributed by atoms with Crippen LogP contribution in [0.5, 0.6) is 11.5 Å². The van der Waals surface area contributed by atoms with Crippen LogP contribution in [0.1, 0.15) is 32.3 Å². The first-order chi connectivity index (χ1) is 10.2. The zero-order chi connectivity index (χ0) is 15.2. The third-order valence-electron chi connectivity index (χ3n) is 3.37. The van der Waals surface area contributed by atoms with Crippen LogP contribution in [0.15, 0.2) is 18.2 Å². The minimum absolute atomic E-state index is 0.00366. The summed E-state index contributed by atoms with van der Waals surface area (Å²) in [5.41, 5.74) is 0.505. The van der Waals surface area contributed by atoms with E-state index in [1.165, 1.54) is 0 Å². The average Bonchev–Trinajstić information content (AvgIpc) is 3.31. The van der Waals surface area contributed by atoms with E-state index >= 15 is 0 Å². The predicted molar refractivity (Wildman–Crippen MR) is 78.2 cm³/mol. The van der Waals surface area contributed by atoms with Crippen molar-refractivity contribution in [3.63, 3.8) is 0 Å². The van der Waals surface area contributed by atoms with E-state index in [0.29, 0.717) is 36.3 Å². The lowest BCUT2D eigenvalue weighted by atomic mass is 10.2. The molecule has 0 saturated heterocycles. The van der Waals surface area contributed by atoms with Crippen molar-refractivity contribution < 1.29 is 14.3 Å². The molecule has 0 bridgehead atoms. The lowest BCUT2D eigenvalue weighted by Gasteiger charge is -2.20. The fourth-order valence-electron chi connectivity index (χ4n) is 2.21. The molecule has 0 atom stereocenters. The van der Waals surface area contributed by atoms with E-state index in [9.17, 15) is 4.79 Å². The average molecular weight is 288 g/mol. The number of ether oxygens (including phenoxy) is 2. The Morgan fingerprint density at radius 3 is 2.67 bits per heavy atom. The molecule has 0 N–H and O–H groups in total. The van der Waals surface area contributed by atoms with Crippen molar-refractivity contribution in [3.8, 4) is 17.6 Å². The summed E-state index contributed by atoms with van der Waals surface area (Å²) in [4.78, 5) is 14.0. The molecular formula is C16H20N2O3. The summed E-state index contributed by atoms with van der Waals surface area (Å²) in [6.45, 7) is 5.01. The van der Waals surface area contributed by atoms with Crippen LogP contribution in [0, 0.1) is 11.3 Å². The van der Waals surface area contributed by atoms with E-state index in [1.54, 1.807) is 18.2 Å². The Balaban J connectivity index is 2.01. The largest absolute Gasteiger partial charge is 0.490 e. The number of carbonyl (C=O) groups excluding carboxylic acids is 1. The summed E-state index contributed by atoms with van der Waals surface area (Å²) in [6, 6.07) is 7.40. The summed E-state index contributed by atoms with van der Waals surface area (Å²) in [7, 11) is 0. The van der Waals surface area contributed by atoms with Crippen LogP contribution in [0.3, 0.4) is 0 Å². The Morgan fingerprint density at radius 1 is 1.33 bits per heavy atom. The molecule has 1 amide bonds. The van der Waals surface area contributed by atoms with Crippen molar-refractivity contribution >= 4 is 5.91 Å². The lowest BCUT2D eigenvalue weighted by molar-refractivity contribution is -0.133. The van der Waals surface area contributed by atoms with Gasteiger partial charge in [-0.05, 0) is 38.8 Å². The lowest BCUT2D eigenvalue weighted by Crippen LogP contribution is -2.36. The van der Waals surface area contributed by atoms with Gasteiger partial charge < -0.3 is 14.4 Å². The molecule has 1 saturated carbocycles. The first-order valence-corrected chi connectivity index (χ1v) is 7.28. The molecule has 5 nitrogen and oxygen atoms in total. The van der Waals surface area contributed by atoms with E-state index in [1.807, 2.05) is 18.7 Å². The maximum absolute atomic E-state index is 12.1. The maximum Gasteiger partial charge on any atom is 0.260 e. The van der Waals surface area contributed by atoms with E-state index in [0.717, 1.165) is 12.8 Å². The third kappa shape index (κ3) is 3.88. The highest BCUT2D eigenvalue weighted by Crippen LogP contribution is 2.29. The minimum atomic E-state index is -0.00759. The van der Waals surface area contributed by atoms with Crippen LogP contribution in [-0.2, 0) is 4.79 Å². The smallest absolute Gasteiger partial charge is 0.260 e. The molecule has 5 heteroatoms. The van der Waals surface area contributed by atoms with Gasteiger partial charge in [0.15, 0.2) is 18.1 Å². The van der Waals surface area contributed by atoms with Crippen LogP contribution in [-0.4, -0.2) is 36.6 Å². The molecule has 2 rings (SSSR count). The molecule has 112 valence electrons. The number of likely N-dealkylation sites (N-methyl/N-ethyl adjacent to an activating group) is 1. The SMILES string of the molecule is CCOc1cc(C#N)ccc1OCC(=O)N(CC)C1CC1. The molecule has 1 aromatic carbocycles. The number of nitriles is 1. The fourth-order valence-corrected chi connectivity index (χ4v) is 2.21. The van der Waals surface area contributed by atoms with E-state index in [-0.39, 0.29) is 12.5 Å². The van der Waals surface area contributed by atoms with Crippen LogP contribution < -0.4 is 9.47 Å². The molecule has 0 aliphatic heterocycles. The number of rotatable bonds is 7. The molecule has 1 aliphatic rings. The van der Waals surface area contributed by atoms with Gasteiger partial charge in [-0.2, -0.15) is 5.26 Å². The van der Waals surface area contributed by atoms with Gasteiger partial charge in [-0.3, -0.25) is 4.79 Å². The van der Waals surface area contributed by atoms with Gasteiger partial charge in [0.1, 0.15) is 0 Å². The highest BCUT2D eigenvalue weighted by molar-refractivity contribution is 5.78. The molecule has 1 fully saturated rings. The fraction of sp³-hybridized carbons (Fsp3) is 0.500. The monoisotopic (exact) mass is 288 g/mol. The second-order valence-corrected chi connectivity index (χ2v) is 4.91. The molecule has 0 spiro atoms. The molecule has 0 unspecified atom stereocenters. The minimum Gasteiger partial charge on any atom is -0.490 e. The number of benzene rings is 1. The van der Waals surface area contributed by atoms with Gasteiger partial charge in [0.25, 0.3) is 5.91 Å². The number of carbonyl (C=O) groups is 1. The van der Waals surface area contributed by atoms with E-state index in [2.05, 4.69) is 6.07 Å². The second-order valence-electron chi connectivity index (χ2n) is 4.91. The molecule has 21 heavy (non-hydrogen) atoms. The van der Waals surface area contributed by atoms with Crippen molar-refractivity contribution in [1.82, 2.24) is 4.90 Å². The van der Waals surface area contributed by atoms with Gasteiger partial charge in [-0.1, -0.05) is 0 Å². The summed E-state index contributed by atoms with van der Waals surface area (Å²) in [5.74, 6) is 0.988. The number of hydrogen-bond acceptors (Lipinski definition) is 4. The highest BCUT2D eigenvalue weighted by atomic mass is 16.5. The van der Waals surface area contributed by atoms with Crippen molar-refractivity contribution in [2.24, 2.45) is 0 Å². The van der Waals surface area contributed by atoms with Gasteiger partial charge in [0.2, 0.25) is 0 Å². The van der Waals surface area contributed by atoms with Crippen molar-refractivity contribution in [2.75, 3.05) is 19.8 Å². The van der Waals surface area contributed by atoms with Crippen LogP contribution >= 0.6 is 0 Å². The Morgan fingerprint density at radius 2 is 2.10 bits per heavy atom. The molecule has 0 heterocycles. The number of amides is 1. The normalized spacial score (nSPS) is 13.4. The standard InChI is InChI=1S/C16H20N2O3/c1-3-18(13-6-7-13)16(19)11-21-14-8-5-12(10-17)9-15(14)20-4-2/h5,8-9,13H,3-4,6-7,11H2,1-2H3. The molecular weight excluding hydrogens is 268 g/mol. The van der Waals surface area contributed by atoms with Crippen LogP contribution in [0.4, 0.5) is 0 Å². The van der Waals surface area contributed by atoms with Gasteiger partial charge in [0, 0.05) is 18.7 Å². The summed E-state index contributed by atoms with van der Waals surface area (Å²) in [6.07, 6.45) is 2.17. The summed E-state index contributed by atoms with van der Waals surface area (Å²) < 4.78 is 11.0. The predicted octanol–water partition coefficient (Wildman–Crippen LogP) is 2.35. The van der Waals surface area contributed by atoms with Crippen LogP contribution in [0.2, 0.25) is 0 Å². The first-order valence-electron chi connectivity index (χ1n) is 7.28. The molecule has 0 radical (unpaired) electrons. The highest BCUT2D eigenvalue weighted by Gasteiger charge is 2.31. The summed E-state index contributed by atoms with van der Waals surface area (Å²) in [5, 5.41) is 8.90. The topological polar surface area (TPSA) is 62.6 Å². The zero-order valence-corrected chi connectivity index (χ0v) is 12.5. The quantitative estimate of drug-likeness (QED) is 0.772. The second kappa shape index (κ2) is 6.98. The van der Waals surface area contributed by atoms with E-state index < -0.39 is 0 Å².